The van der Waals surface area contributed by atoms with Crippen molar-refractivity contribution in [2.24, 2.45) is 5.92 Å². The SMILES string of the molecule is O=C(N[C@H](CC(F)(F)F)c1ccc(F)cc1)[C@@H]1CCOC1. The van der Waals surface area contributed by atoms with Crippen molar-refractivity contribution in [3.05, 3.63) is 35.6 Å². The molecule has 2 rings (SSSR count). The number of carbonyl (C=O) groups is 1. The first-order chi connectivity index (χ1) is 9.85. The van der Waals surface area contributed by atoms with Crippen molar-refractivity contribution in [2.75, 3.05) is 13.2 Å². The Kier molecular flexibility index (Phi) is 4.82. The van der Waals surface area contributed by atoms with Crippen LogP contribution in [0.4, 0.5) is 17.6 Å². The van der Waals surface area contributed by atoms with Gasteiger partial charge in [-0.15, -0.1) is 0 Å². The van der Waals surface area contributed by atoms with Crippen molar-refractivity contribution in [2.45, 2.75) is 25.1 Å². The van der Waals surface area contributed by atoms with Crippen LogP contribution in [0, 0.1) is 11.7 Å². The van der Waals surface area contributed by atoms with Crippen molar-refractivity contribution in [3.63, 3.8) is 0 Å². The molecule has 3 nitrogen and oxygen atoms in total. The van der Waals surface area contributed by atoms with Crippen molar-refractivity contribution >= 4 is 5.91 Å². The molecule has 0 bridgehead atoms. The summed E-state index contributed by atoms with van der Waals surface area (Å²) in [7, 11) is 0. The van der Waals surface area contributed by atoms with Crippen LogP contribution >= 0.6 is 0 Å². The Morgan fingerprint density at radius 3 is 2.52 bits per heavy atom. The fourth-order valence-electron chi connectivity index (χ4n) is 2.21. The molecular weight excluding hydrogens is 290 g/mol. The van der Waals surface area contributed by atoms with E-state index < -0.39 is 36.3 Å². The Hall–Kier alpha value is -1.63. The summed E-state index contributed by atoms with van der Waals surface area (Å²) in [6.07, 6.45) is -5.13. The second-order valence-corrected chi connectivity index (χ2v) is 4.99. The number of hydrogen-bond acceptors (Lipinski definition) is 2. The smallest absolute Gasteiger partial charge is 0.381 e. The van der Waals surface area contributed by atoms with E-state index in [1.807, 2.05) is 0 Å². The Labute approximate surface area is 119 Å². The van der Waals surface area contributed by atoms with E-state index in [-0.39, 0.29) is 12.2 Å². The van der Waals surface area contributed by atoms with E-state index in [1.54, 1.807) is 0 Å². The van der Waals surface area contributed by atoms with E-state index in [2.05, 4.69) is 5.32 Å². The average molecular weight is 305 g/mol. The normalized spacial score (nSPS) is 20.3. The minimum atomic E-state index is -4.43. The zero-order chi connectivity index (χ0) is 15.5. The minimum Gasteiger partial charge on any atom is -0.381 e. The number of ether oxygens (including phenoxy) is 1. The van der Waals surface area contributed by atoms with E-state index in [0.717, 1.165) is 12.1 Å². The largest absolute Gasteiger partial charge is 0.391 e. The molecule has 1 N–H and O–H groups in total. The highest BCUT2D eigenvalue weighted by molar-refractivity contribution is 5.79. The molecule has 0 unspecified atom stereocenters. The van der Waals surface area contributed by atoms with Crippen LogP contribution in [0.3, 0.4) is 0 Å². The molecule has 1 saturated heterocycles. The first kappa shape index (κ1) is 15.8. The fraction of sp³-hybridized carbons (Fsp3) is 0.500. The number of rotatable bonds is 4. The monoisotopic (exact) mass is 305 g/mol. The first-order valence-corrected chi connectivity index (χ1v) is 6.55. The van der Waals surface area contributed by atoms with Gasteiger partial charge in [0.05, 0.1) is 25.0 Å². The predicted octanol–water partition coefficient (Wildman–Crippen LogP) is 2.97. The van der Waals surface area contributed by atoms with Crippen LogP contribution in [0.1, 0.15) is 24.4 Å². The summed E-state index contributed by atoms with van der Waals surface area (Å²) >= 11 is 0. The van der Waals surface area contributed by atoms with E-state index in [4.69, 9.17) is 4.74 Å². The second kappa shape index (κ2) is 6.43. The highest BCUT2D eigenvalue weighted by Gasteiger charge is 2.35. The molecule has 116 valence electrons. The van der Waals surface area contributed by atoms with Crippen LogP contribution in [0.15, 0.2) is 24.3 Å². The number of amides is 1. The number of carbonyl (C=O) groups excluding carboxylic acids is 1. The third kappa shape index (κ3) is 4.70. The number of nitrogens with one attached hydrogen (secondary N) is 1. The Morgan fingerprint density at radius 1 is 1.33 bits per heavy atom. The van der Waals surface area contributed by atoms with Gasteiger partial charge in [0.1, 0.15) is 5.82 Å². The lowest BCUT2D eigenvalue weighted by Gasteiger charge is -2.22. The first-order valence-electron chi connectivity index (χ1n) is 6.55. The number of halogens is 4. The van der Waals surface area contributed by atoms with Crippen LogP contribution in [0.2, 0.25) is 0 Å². The van der Waals surface area contributed by atoms with E-state index in [1.165, 1.54) is 12.1 Å². The van der Waals surface area contributed by atoms with Crippen LogP contribution in [-0.2, 0) is 9.53 Å². The van der Waals surface area contributed by atoms with Crippen molar-refractivity contribution in [1.29, 1.82) is 0 Å². The Morgan fingerprint density at radius 2 is 2.00 bits per heavy atom. The van der Waals surface area contributed by atoms with Crippen LogP contribution in [0.5, 0.6) is 0 Å². The lowest BCUT2D eigenvalue weighted by atomic mass is 10.0. The zero-order valence-electron chi connectivity index (χ0n) is 11.1. The summed E-state index contributed by atoms with van der Waals surface area (Å²) in [6.45, 7) is 0.645. The van der Waals surface area contributed by atoms with Gasteiger partial charge in [0.2, 0.25) is 5.91 Å². The molecule has 0 aromatic heterocycles. The molecule has 2 atom stereocenters. The summed E-state index contributed by atoms with van der Waals surface area (Å²) in [5.41, 5.74) is 0.223. The summed E-state index contributed by atoms with van der Waals surface area (Å²) in [5.74, 6) is -1.44. The van der Waals surface area contributed by atoms with Gasteiger partial charge in [-0.3, -0.25) is 4.79 Å². The van der Waals surface area contributed by atoms with Gasteiger partial charge >= 0.3 is 6.18 Å². The summed E-state index contributed by atoms with van der Waals surface area (Å²) in [4.78, 5) is 11.9. The molecule has 0 spiro atoms. The maximum absolute atomic E-state index is 12.9. The molecule has 1 fully saturated rings. The molecule has 7 heteroatoms. The van der Waals surface area contributed by atoms with Gasteiger partial charge in [0, 0.05) is 6.61 Å². The lowest BCUT2D eigenvalue weighted by molar-refractivity contribution is -0.143. The molecule has 1 heterocycles. The third-order valence-corrected chi connectivity index (χ3v) is 3.32. The highest BCUT2D eigenvalue weighted by Crippen LogP contribution is 2.30. The maximum atomic E-state index is 12.9. The van der Waals surface area contributed by atoms with Gasteiger partial charge in [-0.05, 0) is 24.1 Å². The molecule has 1 aromatic carbocycles. The minimum absolute atomic E-state index is 0.216. The number of hydrogen-bond donors (Lipinski definition) is 1. The molecule has 0 saturated carbocycles. The molecule has 21 heavy (non-hydrogen) atoms. The lowest BCUT2D eigenvalue weighted by Crippen LogP contribution is -2.36. The number of alkyl halides is 3. The fourth-order valence-corrected chi connectivity index (χ4v) is 2.21. The topological polar surface area (TPSA) is 38.3 Å². The summed E-state index contributed by atoms with van der Waals surface area (Å²) < 4.78 is 55.9. The highest BCUT2D eigenvalue weighted by atomic mass is 19.4. The van der Waals surface area contributed by atoms with Crippen molar-refractivity contribution in [1.82, 2.24) is 5.32 Å². The van der Waals surface area contributed by atoms with Crippen LogP contribution in [0.25, 0.3) is 0 Å². The molecule has 1 aromatic rings. The second-order valence-electron chi connectivity index (χ2n) is 4.99. The molecule has 1 aliphatic rings. The van der Waals surface area contributed by atoms with Gasteiger partial charge < -0.3 is 10.1 Å². The maximum Gasteiger partial charge on any atom is 0.391 e. The van der Waals surface area contributed by atoms with Gasteiger partial charge in [-0.25, -0.2) is 4.39 Å². The van der Waals surface area contributed by atoms with Gasteiger partial charge in [0.15, 0.2) is 0 Å². The van der Waals surface area contributed by atoms with E-state index >= 15 is 0 Å². The van der Waals surface area contributed by atoms with Crippen LogP contribution in [-0.4, -0.2) is 25.3 Å². The molecule has 1 amide bonds. The summed E-state index contributed by atoms with van der Waals surface area (Å²) in [6, 6.07) is 3.42. The van der Waals surface area contributed by atoms with E-state index in [0.29, 0.717) is 13.0 Å². The number of benzene rings is 1. The van der Waals surface area contributed by atoms with Crippen LogP contribution < -0.4 is 5.32 Å². The Balaban J connectivity index is 2.11. The third-order valence-electron chi connectivity index (χ3n) is 3.32. The standard InChI is InChI=1S/C14H15F4NO2/c15-11-3-1-9(2-4-11)12(7-14(16,17)18)19-13(20)10-5-6-21-8-10/h1-4,10,12H,5-8H2,(H,19,20)/t10-,12-/m1/s1. The molecule has 1 aliphatic heterocycles. The average Bonchev–Trinajstić information content (AvgIpc) is 2.91. The molecule has 0 radical (unpaired) electrons. The predicted molar refractivity (Wildman–Crippen MR) is 66.9 cm³/mol. The van der Waals surface area contributed by atoms with Gasteiger partial charge in [0.25, 0.3) is 0 Å². The zero-order valence-corrected chi connectivity index (χ0v) is 11.1. The Bertz CT molecular complexity index is 481. The van der Waals surface area contributed by atoms with E-state index in [9.17, 15) is 22.4 Å². The van der Waals surface area contributed by atoms with Gasteiger partial charge in [-0.1, -0.05) is 12.1 Å². The quantitative estimate of drug-likeness (QED) is 0.869. The van der Waals surface area contributed by atoms with Gasteiger partial charge in [-0.2, -0.15) is 13.2 Å². The van der Waals surface area contributed by atoms with Crippen molar-refractivity contribution < 1.29 is 27.1 Å². The van der Waals surface area contributed by atoms with Crippen molar-refractivity contribution in [3.8, 4) is 0 Å². The molecular formula is C14H15F4NO2. The molecule has 0 aliphatic carbocycles. The summed E-state index contributed by atoms with van der Waals surface area (Å²) in [5, 5.41) is 2.39.